The quantitative estimate of drug-likeness (QED) is 0.566. The Labute approximate surface area is 64.4 Å². The third-order valence-electron chi connectivity index (χ3n) is 2.22. The molecule has 1 saturated heterocycles. The van der Waals surface area contributed by atoms with Crippen LogP contribution in [0.25, 0.3) is 0 Å². The van der Waals surface area contributed by atoms with E-state index >= 15 is 0 Å². The van der Waals surface area contributed by atoms with Gasteiger partial charge in [0, 0.05) is 6.54 Å². The summed E-state index contributed by atoms with van der Waals surface area (Å²) in [6, 6.07) is 0. The molecule has 0 bridgehead atoms. The lowest BCUT2D eigenvalue weighted by Gasteiger charge is -2.30. The number of likely N-dealkylation sites (tertiary alicyclic amines) is 1. The van der Waals surface area contributed by atoms with E-state index in [-0.39, 0.29) is 0 Å². The van der Waals surface area contributed by atoms with Crippen LogP contribution in [-0.2, 0) is 0 Å². The van der Waals surface area contributed by atoms with Crippen LogP contribution in [-0.4, -0.2) is 24.5 Å². The summed E-state index contributed by atoms with van der Waals surface area (Å²) in [5, 5.41) is 0. The van der Waals surface area contributed by atoms with E-state index < -0.39 is 0 Å². The fraction of sp³-hybridized carbons (Fsp3) is 0.889. The fourth-order valence-corrected chi connectivity index (χ4v) is 1.71. The molecule has 0 aromatic rings. The third-order valence-corrected chi connectivity index (χ3v) is 2.22. The average molecular weight is 140 g/mol. The van der Waals surface area contributed by atoms with Crippen molar-refractivity contribution in [3.8, 4) is 0 Å². The Kier molecular flexibility index (Phi) is 3.20. The highest BCUT2D eigenvalue weighted by Gasteiger charge is 2.14. The molecule has 1 aliphatic rings. The van der Waals surface area contributed by atoms with Gasteiger partial charge in [-0.3, -0.25) is 0 Å². The van der Waals surface area contributed by atoms with Crippen molar-refractivity contribution in [2.24, 2.45) is 5.92 Å². The predicted molar refractivity (Wildman–Crippen MR) is 44.8 cm³/mol. The van der Waals surface area contributed by atoms with Crippen molar-refractivity contribution in [3.05, 3.63) is 6.92 Å². The number of piperidine rings is 1. The second kappa shape index (κ2) is 3.97. The van der Waals surface area contributed by atoms with Gasteiger partial charge in [-0.1, -0.05) is 13.8 Å². The summed E-state index contributed by atoms with van der Waals surface area (Å²) in [5.41, 5.74) is 0. The lowest BCUT2D eigenvalue weighted by atomic mass is 10.0. The van der Waals surface area contributed by atoms with Crippen LogP contribution in [0.15, 0.2) is 0 Å². The van der Waals surface area contributed by atoms with E-state index in [9.17, 15) is 0 Å². The summed E-state index contributed by atoms with van der Waals surface area (Å²) in [4.78, 5) is 2.53. The maximum atomic E-state index is 3.86. The fourth-order valence-electron chi connectivity index (χ4n) is 1.71. The zero-order valence-electron chi connectivity index (χ0n) is 6.97. The van der Waals surface area contributed by atoms with Crippen molar-refractivity contribution >= 4 is 0 Å². The highest BCUT2D eigenvalue weighted by atomic mass is 15.1. The zero-order valence-corrected chi connectivity index (χ0v) is 6.97. The Morgan fingerprint density at radius 3 is 3.00 bits per heavy atom. The van der Waals surface area contributed by atoms with Crippen LogP contribution >= 0.6 is 0 Å². The minimum Gasteiger partial charge on any atom is -0.303 e. The summed E-state index contributed by atoms with van der Waals surface area (Å²) in [5.74, 6) is 0.917. The van der Waals surface area contributed by atoms with E-state index in [2.05, 4.69) is 18.7 Å². The van der Waals surface area contributed by atoms with Gasteiger partial charge in [0.05, 0.1) is 0 Å². The highest BCUT2D eigenvalue weighted by molar-refractivity contribution is 4.69. The molecule has 59 valence electrons. The lowest BCUT2D eigenvalue weighted by molar-refractivity contribution is 0.187. The lowest BCUT2D eigenvalue weighted by Crippen LogP contribution is -2.34. The summed E-state index contributed by atoms with van der Waals surface area (Å²) >= 11 is 0. The van der Waals surface area contributed by atoms with Gasteiger partial charge in [-0.05, 0) is 38.3 Å². The van der Waals surface area contributed by atoms with Crippen LogP contribution in [0.1, 0.15) is 26.2 Å². The standard InChI is InChI=1S/C9H18N/c1-3-6-10-7-4-5-9(2)8-10/h9H,1,3-8H2,2H3/t9-/m0/s1. The van der Waals surface area contributed by atoms with E-state index in [1.165, 1.54) is 32.5 Å². The molecule has 0 saturated carbocycles. The normalized spacial score (nSPS) is 28.8. The van der Waals surface area contributed by atoms with Gasteiger partial charge in [0.2, 0.25) is 0 Å². The maximum Gasteiger partial charge on any atom is 0.000703 e. The molecule has 10 heavy (non-hydrogen) atoms. The molecule has 1 fully saturated rings. The van der Waals surface area contributed by atoms with Gasteiger partial charge in [-0.2, -0.15) is 0 Å². The molecule has 0 aliphatic carbocycles. The average Bonchev–Trinajstić information content (AvgIpc) is 1.88. The van der Waals surface area contributed by atoms with E-state index in [0.29, 0.717) is 0 Å². The number of nitrogens with zero attached hydrogens (tertiary/aromatic N) is 1. The second-order valence-electron chi connectivity index (χ2n) is 3.40. The molecule has 1 heteroatoms. The predicted octanol–water partition coefficient (Wildman–Crippen LogP) is 1.94. The minimum atomic E-state index is 0.917. The smallest absolute Gasteiger partial charge is 0.000703 e. The molecular formula is C9H18N. The Balaban J connectivity index is 2.18. The number of hydrogen-bond acceptors (Lipinski definition) is 1. The Morgan fingerprint density at radius 1 is 1.60 bits per heavy atom. The van der Waals surface area contributed by atoms with Gasteiger partial charge in [-0.15, -0.1) is 0 Å². The van der Waals surface area contributed by atoms with E-state index in [0.717, 1.165) is 12.3 Å². The highest BCUT2D eigenvalue weighted by Crippen LogP contribution is 2.14. The van der Waals surface area contributed by atoms with Gasteiger partial charge in [0.15, 0.2) is 0 Å². The van der Waals surface area contributed by atoms with Gasteiger partial charge in [0.25, 0.3) is 0 Å². The summed E-state index contributed by atoms with van der Waals surface area (Å²) in [6.07, 6.45) is 3.88. The largest absolute Gasteiger partial charge is 0.303 e. The molecular weight excluding hydrogens is 122 g/mol. The first-order valence-corrected chi connectivity index (χ1v) is 4.34. The molecule has 0 unspecified atom stereocenters. The molecule has 1 rings (SSSR count). The zero-order chi connectivity index (χ0) is 7.40. The Morgan fingerprint density at radius 2 is 2.40 bits per heavy atom. The monoisotopic (exact) mass is 140 g/mol. The van der Waals surface area contributed by atoms with E-state index in [4.69, 9.17) is 0 Å². The molecule has 0 aromatic carbocycles. The maximum absolute atomic E-state index is 3.86. The molecule has 0 N–H and O–H groups in total. The van der Waals surface area contributed by atoms with Crippen molar-refractivity contribution in [3.63, 3.8) is 0 Å². The number of rotatable bonds is 2. The molecule has 1 nitrogen and oxygen atoms in total. The van der Waals surface area contributed by atoms with Crippen LogP contribution < -0.4 is 0 Å². The van der Waals surface area contributed by atoms with E-state index in [1.54, 1.807) is 0 Å². The van der Waals surface area contributed by atoms with Crippen molar-refractivity contribution < 1.29 is 0 Å². The topological polar surface area (TPSA) is 3.24 Å². The first kappa shape index (κ1) is 8.06. The summed E-state index contributed by atoms with van der Waals surface area (Å²) in [7, 11) is 0. The van der Waals surface area contributed by atoms with Crippen LogP contribution in [0.4, 0.5) is 0 Å². The van der Waals surface area contributed by atoms with Crippen LogP contribution in [0.5, 0.6) is 0 Å². The molecule has 1 aliphatic heterocycles. The van der Waals surface area contributed by atoms with Gasteiger partial charge >= 0.3 is 0 Å². The summed E-state index contributed by atoms with van der Waals surface area (Å²) < 4.78 is 0. The molecule has 1 atom stereocenters. The first-order valence-electron chi connectivity index (χ1n) is 4.34. The van der Waals surface area contributed by atoms with Gasteiger partial charge in [0.1, 0.15) is 0 Å². The van der Waals surface area contributed by atoms with Gasteiger partial charge < -0.3 is 4.90 Å². The van der Waals surface area contributed by atoms with Crippen molar-refractivity contribution in [2.45, 2.75) is 26.2 Å². The molecule has 0 aromatic heterocycles. The minimum absolute atomic E-state index is 0.917. The van der Waals surface area contributed by atoms with E-state index in [1.807, 2.05) is 0 Å². The Bertz CT molecular complexity index is 88.7. The summed E-state index contributed by atoms with van der Waals surface area (Å²) in [6.45, 7) is 10.0. The van der Waals surface area contributed by atoms with Crippen molar-refractivity contribution in [1.29, 1.82) is 0 Å². The molecule has 0 spiro atoms. The van der Waals surface area contributed by atoms with Crippen molar-refractivity contribution in [1.82, 2.24) is 4.90 Å². The Hall–Kier alpha value is -0.0400. The molecule has 1 radical (unpaired) electrons. The van der Waals surface area contributed by atoms with Crippen LogP contribution in [0, 0.1) is 12.8 Å². The molecule has 1 heterocycles. The molecule has 0 amide bonds. The van der Waals surface area contributed by atoms with Crippen LogP contribution in [0.3, 0.4) is 0 Å². The SMILES string of the molecule is [CH2]CCN1CCC[C@H](C)C1. The number of hydrogen-bond donors (Lipinski definition) is 0. The van der Waals surface area contributed by atoms with Crippen LogP contribution in [0.2, 0.25) is 0 Å². The van der Waals surface area contributed by atoms with Crippen molar-refractivity contribution in [2.75, 3.05) is 19.6 Å². The third kappa shape index (κ3) is 2.30. The first-order chi connectivity index (χ1) is 4.83. The second-order valence-corrected chi connectivity index (χ2v) is 3.40. The van der Waals surface area contributed by atoms with Gasteiger partial charge in [-0.25, -0.2) is 0 Å².